The van der Waals surface area contributed by atoms with Gasteiger partial charge in [-0.1, -0.05) is 30.3 Å². The van der Waals surface area contributed by atoms with E-state index in [1.165, 1.54) is 26.5 Å². The monoisotopic (exact) mass is 463 g/mol. The SMILES string of the molecule is COc1cc(C=C2c3cnc(F)cc3C(CC(=O)NCc3ccccc3)N2C)cc(OC)c1O. The first-order valence-electron chi connectivity index (χ1n) is 10.8. The van der Waals surface area contributed by atoms with Gasteiger partial charge in [-0.2, -0.15) is 4.39 Å². The zero-order chi connectivity index (χ0) is 24.2. The molecular weight excluding hydrogens is 437 g/mol. The van der Waals surface area contributed by atoms with Gasteiger partial charge in [-0.05, 0) is 41.0 Å². The molecule has 0 aliphatic carbocycles. The Morgan fingerprint density at radius 3 is 2.50 bits per heavy atom. The van der Waals surface area contributed by atoms with Gasteiger partial charge in [0.1, 0.15) is 0 Å². The Bertz CT molecular complexity index is 1200. The molecule has 4 rings (SSSR count). The summed E-state index contributed by atoms with van der Waals surface area (Å²) in [6, 6.07) is 14.0. The summed E-state index contributed by atoms with van der Waals surface area (Å²) in [5, 5.41) is 13.1. The lowest BCUT2D eigenvalue weighted by molar-refractivity contribution is -0.122. The lowest BCUT2D eigenvalue weighted by atomic mass is 10.0. The molecule has 3 aromatic rings. The van der Waals surface area contributed by atoms with E-state index in [4.69, 9.17) is 9.47 Å². The number of aromatic hydroxyl groups is 1. The number of nitrogens with zero attached hydrogens (tertiary/aromatic N) is 2. The fourth-order valence-electron chi connectivity index (χ4n) is 4.13. The number of benzene rings is 2. The number of phenols is 1. The van der Waals surface area contributed by atoms with Crippen LogP contribution in [-0.4, -0.2) is 42.2 Å². The molecule has 2 heterocycles. The third-order valence-electron chi connectivity index (χ3n) is 5.90. The molecular formula is C26H26FN3O4. The van der Waals surface area contributed by atoms with Gasteiger partial charge in [0, 0.05) is 31.0 Å². The Kier molecular flexibility index (Phi) is 6.67. The van der Waals surface area contributed by atoms with Crippen LogP contribution in [-0.2, 0) is 11.3 Å². The lowest BCUT2D eigenvalue weighted by Crippen LogP contribution is -2.28. The molecule has 1 aliphatic heterocycles. The number of hydrogen-bond acceptors (Lipinski definition) is 6. The zero-order valence-corrected chi connectivity index (χ0v) is 19.2. The normalized spacial score (nSPS) is 15.8. The summed E-state index contributed by atoms with van der Waals surface area (Å²) in [5.41, 5.74) is 3.89. The van der Waals surface area contributed by atoms with Crippen LogP contribution in [0.1, 0.15) is 34.7 Å². The maximum Gasteiger partial charge on any atom is 0.222 e. The molecule has 2 N–H and O–H groups in total. The van der Waals surface area contributed by atoms with Crippen LogP contribution in [0.5, 0.6) is 17.2 Å². The van der Waals surface area contributed by atoms with Crippen molar-refractivity contribution < 1.29 is 23.8 Å². The highest BCUT2D eigenvalue weighted by Gasteiger charge is 2.33. The van der Waals surface area contributed by atoms with Gasteiger partial charge >= 0.3 is 0 Å². The van der Waals surface area contributed by atoms with E-state index < -0.39 is 5.95 Å². The maximum atomic E-state index is 14.1. The number of pyridine rings is 1. The predicted octanol–water partition coefficient (Wildman–Crippen LogP) is 4.13. The summed E-state index contributed by atoms with van der Waals surface area (Å²) < 4.78 is 24.6. The van der Waals surface area contributed by atoms with E-state index in [9.17, 15) is 14.3 Å². The van der Waals surface area contributed by atoms with E-state index in [0.717, 1.165) is 16.8 Å². The van der Waals surface area contributed by atoms with E-state index in [-0.39, 0.29) is 35.6 Å². The number of fused-ring (bicyclic) bond motifs is 1. The summed E-state index contributed by atoms with van der Waals surface area (Å²) in [6.07, 6.45) is 3.49. The third-order valence-corrected chi connectivity index (χ3v) is 5.90. The summed E-state index contributed by atoms with van der Waals surface area (Å²) >= 11 is 0. The molecule has 0 saturated heterocycles. The molecule has 1 amide bonds. The van der Waals surface area contributed by atoms with Crippen molar-refractivity contribution >= 4 is 17.7 Å². The number of rotatable bonds is 7. The molecule has 0 radical (unpaired) electrons. The van der Waals surface area contributed by atoms with E-state index in [0.29, 0.717) is 17.7 Å². The molecule has 1 atom stereocenters. The van der Waals surface area contributed by atoms with Crippen LogP contribution in [0.2, 0.25) is 0 Å². The summed E-state index contributed by atoms with van der Waals surface area (Å²) in [6.45, 7) is 0.420. The van der Waals surface area contributed by atoms with Crippen LogP contribution in [0.3, 0.4) is 0 Å². The Morgan fingerprint density at radius 1 is 1.18 bits per heavy atom. The average molecular weight is 464 g/mol. The number of methoxy groups -OCH3 is 2. The molecule has 2 aromatic carbocycles. The van der Waals surface area contributed by atoms with Crippen LogP contribution >= 0.6 is 0 Å². The molecule has 0 bridgehead atoms. The minimum atomic E-state index is -0.601. The van der Waals surface area contributed by atoms with Gasteiger partial charge < -0.3 is 24.8 Å². The van der Waals surface area contributed by atoms with Crippen molar-refractivity contribution in [2.45, 2.75) is 19.0 Å². The molecule has 0 fully saturated rings. The quantitative estimate of drug-likeness (QED) is 0.513. The molecule has 7 nitrogen and oxygen atoms in total. The summed E-state index contributed by atoms with van der Waals surface area (Å²) in [5.74, 6) is -0.305. The Balaban J connectivity index is 1.63. The second-order valence-electron chi connectivity index (χ2n) is 7.99. The first-order valence-corrected chi connectivity index (χ1v) is 10.8. The number of nitrogens with one attached hydrogen (secondary N) is 1. The van der Waals surface area contributed by atoms with Gasteiger partial charge in [0.05, 0.1) is 26.7 Å². The van der Waals surface area contributed by atoms with Crippen molar-refractivity contribution in [3.63, 3.8) is 0 Å². The minimum Gasteiger partial charge on any atom is -0.502 e. The van der Waals surface area contributed by atoms with E-state index in [2.05, 4.69) is 10.3 Å². The van der Waals surface area contributed by atoms with Crippen molar-refractivity contribution in [2.24, 2.45) is 0 Å². The van der Waals surface area contributed by atoms with Crippen LogP contribution in [0.15, 0.2) is 54.7 Å². The number of aromatic nitrogens is 1. The Labute approximate surface area is 197 Å². The zero-order valence-electron chi connectivity index (χ0n) is 19.2. The fourth-order valence-corrected chi connectivity index (χ4v) is 4.13. The van der Waals surface area contributed by atoms with Crippen molar-refractivity contribution in [1.29, 1.82) is 0 Å². The number of amides is 1. The van der Waals surface area contributed by atoms with Gasteiger partial charge in [-0.25, -0.2) is 4.98 Å². The van der Waals surface area contributed by atoms with Gasteiger partial charge in [0.15, 0.2) is 11.5 Å². The fraction of sp³-hybridized carbons (Fsp3) is 0.231. The molecule has 34 heavy (non-hydrogen) atoms. The van der Waals surface area contributed by atoms with E-state index in [1.807, 2.05) is 48.4 Å². The Hall–Kier alpha value is -4.07. The molecule has 176 valence electrons. The first-order chi connectivity index (χ1) is 16.4. The van der Waals surface area contributed by atoms with Crippen LogP contribution < -0.4 is 14.8 Å². The molecule has 8 heteroatoms. The van der Waals surface area contributed by atoms with Crippen molar-refractivity contribution in [2.75, 3.05) is 21.3 Å². The van der Waals surface area contributed by atoms with Crippen molar-refractivity contribution in [3.05, 3.63) is 82.9 Å². The largest absolute Gasteiger partial charge is 0.502 e. The number of carbonyl (C=O) groups excluding carboxylic acids is 1. The molecule has 0 spiro atoms. The number of halogens is 1. The number of phenolic OH excluding ortho intramolecular Hbond substituents is 1. The summed E-state index contributed by atoms with van der Waals surface area (Å²) in [4.78, 5) is 18.5. The Morgan fingerprint density at radius 2 is 1.85 bits per heavy atom. The van der Waals surface area contributed by atoms with Crippen molar-refractivity contribution in [1.82, 2.24) is 15.2 Å². The van der Waals surface area contributed by atoms with Gasteiger partial charge in [-0.3, -0.25) is 4.79 Å². The van der Waals surface area contributed by atoms with Crippen molar-refractivity contribution in [3.8, 4) is 17.2 Å². The molecule has 1 unspecified atom stereocenters. The minimum absolute atomic E-state index is 0.0935. The summed E-state index contributed by atoms with van der Waals surface area (Å²) in [7, 11) is 4.77. The predicted molar refractivity (Wildman–Crippen MR) is 127 cm³/mol. The van der Waals surface area contributed by atoms with Gasteiger partial charge in [0.25, 0.3) is 0 Å². The topological polar surface area (TPSA) is 83.9 Å². The standard InChI is InChI=1S/C26H26FN3O4/c1-30-20(9-17-10-22(33-2)26(32)23(11-17)34-3)19-15-28-24(27)12-18(19)21(30)13-25(31)29-14-16-7-5-4-6-8-16/h4-12,15,21,32H,13-14H2,1-3H3,(H,29,31). The van der Waals surface area contributed by atoms with Gasteiger partial charge in [-0.15, -0.1) is 0 Å². The van der Waals surface area contributed by atoms with Crippen LogP contribution in [0, 0.1) is 5.95 Å². The average Bonchev–Trinajstić information content (AvgIpc) is 3.09. The van der Waals surface area contributed by atoms with Crippen LogP contribution in [0.4, 0.5) is 4.39 Å². The van der Waals surface area contributed by atoms with E-state index >= 15 is 0 Å². The highest BCUT2D eigenvalue weighted by molar-refractivity contribution is 5.87. The van der Waals surface area contributed by atoms with E-state index in [1.54, 1.807) is 12.1 Å². The lowest BCUT2D eigenvalue weighted by Gasteiger charge is -2.23. The highest BCUT2D eigenvalue weighted by atomic mass is 19.1. The maximum absolute atomic E-state index is 14.1. The second-order valence-corrected chi connectivity index (χ2v) is 7.99. The third kappa shape index (κ3) is 4.66. The second kappa shape index (κ2) is 9.82. The smallest absolute Gasteiger partial charge is 0.222 e. The number of hydrogen-bond donors (Lipinski definition) is 2. The van der Waals surface area contributed by atoms with Gasteiger partial charge in [0.2, 0.25) is 17.6 Å². The molecule has 1 aromatic heterocycles. The highest BCUT2D eigenvalue weighted by Crippen LogP contribution is 2.44. The molecule has 0 saturated carbocycles. The number of carbonyl (C=O) groups is 1. The number of ether oxygens (including phenoxy) is 2. The first kappa shape index (κ1) is 23.1. The molecule has 1 aliphatic rings. The van der Waals surface area contributed by atoms with Crippen LogP contribution in [0.25, 0.3) is 11.8 Å².